The van der Waals surface area contributed by atoms with E-state index in [4.69, 9.17) is 9.47 Å². The first-order valence-electron chi connectivity index (χ1n) is 8.32. The molecule has 0 unspecified atom stereocenters. The normalized spacial score (nSPS) is 11.8. The fourth-order valence-electron chi connectivity index (χ4n) is 2.66. The second kappa shape index (κ2) is 7.18. The summed E-state index contributed by atoms with van der Waals surface area (Å²) in [6.45, 7) is 7.84. The lowest BCUT2D eigenvalue weighted by atomic mass is 9.82. The Morgan fingerprint density at radius 1 is 0.760 bits per heavy atom. The number of ether oxygens (including phenoxy) is 2. The molecule has 0 aliphatic carbocycles. The van der Waals surface area contributed by atoms with Crippen molar-refractivity contribution in [2.75, 3.05) is 14.2 Å². The minimum atomic E-state index is -0.657. The molecule has 0 aromatic heterocycles. The van der Waals surface area contributed by atoms with E-state index < -0.39 is 11.0 Å². The molecule has 4 heteroatoms. The van der Waals surface area contributed by atoms with Crippen LogP contribution in [-0.4, -0.2) is 20.1 Å². The second-order valence-corrected chi connectivity index (χ2v) is 7.16. The van der Waals surface area contributed by atoms with Gasteiger partial charge in [0.2, 0.25) is 5.91 Å². The molecule has 0 aliphatic heterocycles. The van der Waals surface area contributed by atoms with Gasteiger partial charge in [-0.25, -0.2) is 0 Å². The number of hydrogen-bond donors (Lipinski definition) is 1. The van der Waals surface area contributed by atoms with Crippen molar-refractivity contribution in [1.82, 2.24) is 5.32 Å². The van der Waals surface area contributed by atoms with Gasteiger partial charge in [0.1, 0.15) is 11.5 Å². The number of carbonyl (C=O) groups is 1. The van der Waals surface area contributed by atoms with Gasteiger partial charge < -0.3 is 14.8 Å². The van der Waals surface area contributed by atoms with Gasteiger partial charge in [0.15, 0.2) is 0 Å². The summed E-state index contributed by atoms with van der Waals surface area (Å²) >= 11 is 0. The van der Waals surface area contributed by atoms with E-state index in [1.54, 1.807) is 14.2 Å². The molecule has 2 aromatic carbocycles. The number of amides is 1. The van der Waals surface area contributed by atoms with Crippen molar-refractivity contribution in [2.24, 2.45) is 0 Å². The molecule has 0 saturated heterocycles. The molecule has 134 valence electrons. The van der Waals surface area contributed by atoms with Gasteiger partial charge in [0.25, 0.3) is 0 Å². The molecule has 0 bridgehead atoms. The molecule has 0 fully saturated rings. The monoisotopic (exact) mass is 341 g/mol. The predicted octanol–water partition coefficient (Wildman–Crippen LogP) is 4.03. The molecule has 0 atom stereocenters. The molecule has 1 amide bonds. The molecular weight excluding hydrogens is 314 g/mol. The van der Waals surface area contributed by atoms with E-state index in [0.717, 1.165) is 22.6 Å². The number of benzene rings is 2. The summed E-state index contributed by atoms with van der Waals surface area (Å²) in [4.78, 5) is 13.0. The van der Waals surface area contributed by atoms with Crippen LogP contribution >= 0.6 is 0 Å². The first kappa shape index (κ1) is 18.8. The molecule has 2 rings (SSSR count). The highest BCUT2D eigenvalue weighted by Gasteiger charge is 2.34. The summed E-state index contributed by atoms with van der Waals surface area (Å²) in [5.74, 6) is 1.54. The first-order valence-corrected chi connectivity index (χ1v) is 8.32. The quantitative estimate of drug-likeness (QED) is 0.863. The second-order valence-electron chi connectivity index (χ2n) is 7.16. The maximum Gasteiger partial charge on any atom is 0.230 e. The molecule has 0 radical (unpaired) electrons. The van der Waals surface area contributed by atoms with Crippen LogP contribution < -0.4 is 14.8 Å². The minimum Gasteiger partial charge on any atom is -0.497 e. The van der Waals surface area contributed by atoms with Crippen molar-refractivity contribution in [3.63, 3.8) is 0 Å². The molecule has 4 nitrogen and oxygen atoms in total. The van der Waals surface area contributed by atoms with E-state index in [0.29, 0.717) is 0 Å². The third kappa shape index (κ3) is 4.13. The van der Waals surface area contributed by atoms with Crippen LogP contribution in [0, 0.1) is 0 Å². The zero-order chi connectivity index (χ0) is 18.7. The first-order chi connectivity index (χ1) is 11.7. The molecule has 1 N–H and O–H groups in total. The van der Waals surface area contributed by atoms with Crippen LogP contribution in [0.1, 0.15) is 38.8 Å². The third-order valence-corrected chi connectivity index (χ3v) is 4.62. The number of carbonyl (C=O) groups excluding carboxylic acids is 1. The summed E-state index contributed by atoms with van der Waals surface area (Å²) < 4.78 is 10.4. The molecular formula is C21H27NO3. The number of nitrogens with one attached hydrogen (secondary N) is 1. The van der Waals surface area contributed by atoms with Crippen LogP contribution in [0.3, 0.4) is 0 Å². The van der Waals surface area contributed by atoms with Gasteiger partial charge in [0.05, 0.1) is 25.2 Å². The largest absolute Gasteiger partial charge is 0.497 e. The van der Waals surface area contributed by atoms with Gasteiger partial charge in [-0.3, -0.25) is 4.79 Å². The van der Waals surface area contributed by atoms with Gasteiger partial charge in [0, 0.05) is 0 Å². The van der Waals surface area contributed by atoms with Crippen molar-refractivity contribution in [2.45, 2.75) is 38.6 Å². The maximum atomic E-state index is 13.0. The van der Waals surface area contributed by atoms with Gasteiger partial charge in [-0.1, -0.05) is 24.3 Å². The smallest absolute Gasteiger partial charge is 0.230 e. The Morgan fingerprint density at radius 3 is 1.56 bits per heavy atom. The van der Waals surface area contributed by atoms with Gasteiger partial charge in [-0.05, 0) is 63.1 Å². The Bertz CT molecular complexity index is 716. The Balaban J connectivity index is 2.19. The zero-order valence-corrected chi connectivity index (χ0v) is 15.8. The SMILES string of the molecule is COc1ccc(C(C)(C)NC(=O)C(C)(C)c2ccc(OC)cc2)cc1. The Morgan fingerprint density at radius 2 is 1.16 bits per heavy atom. The van der Waals surface area contributed by atoms with Crippen LogP contribution in [0.25, 0.3) is 0 Å². The van der Waals surface area contributed by atoms with E-state index in [9.17, 15) is 4.79 Å². The molecule has 2 aromatic rings. The van der Waals surface area contributed by atoms with Crippen LogP contribution in [0.15, 0.2) is 48.5 Å². The topological polar surface area (TPSA) is 47.6 Å². The van der Waals surface area contributed by atoms with E-state index in [1.807, 2.05) is 76.2 Å². The van der Waals surface area contributed by atoms with E-state index >= 15 is 0 Å². The Hall–Kier alpha value is -2.49. The van der Waals surface area contributed by atoms with E-state index in [-0.39, 0.29) is 5.91 Å². The van der Waals surface area contributed by atoms with Crippen molar-refractivity contribution in [3.8, 4) is 11.5 Å². The van der Waals surface area contributed by atoms with E-state index in [1.165, 1.54) is 0 Å². The van der Waals surface area contributed by atoms with Crippen molar-refractivity contribution < 1.29 is 14.3 Å². The maximum absolute atomic E-state index is 13.0. The van der Waals surface area contributed by atoms with Crippen molar-refractivity contribution >= 4 is 5.91 Å². The molecule has 0 heterocycles. The summed E-state index contributed by atoms with van der Waals surface area (Å²) in [5.41, 5.74) is 0.812. The van der Waals surface area contributed by atoms with Crippen LogP contribution in [0.2, 0.25) is 0 Å². The number of rotatable bonds is 6. The van der Waals surface area contributed by atoms with Crippen molar-refractivity contribution in [1.29, 1.82) is 0 Å². The summed E-state index contributed by atoms with van der Waals surface area (Å²) in [7, 11) is 3.27. The van der Waals surface area contributed by atoms with E-state index in [2.05, 4.69) is 5.32 Å². The average Bonchev–Trinajstić information content (AvgIpc) is 2.61. The summed E-state index contributed by atoms with van der Waals surface area (Å²) in [5, 5.41) is 3.17. The highest BCUT2D eigenvalue weighted by Crippen LogP contribution is 2.29. The minimum absolute atomic E-state index is 0.0292. The van der Waals surface area contributed by atoms with Gasteiger partial charge in [-0.2, -0.15) is 0 Å². The fraction of sp³-hybridized carbons (Fsp3) is 0.381. The summed E-state index contributed by atoms with van der Waals surface area (Å²) in [6.07, 6.45) is 0. The molecule has 0 saturated carbocycles. The molecule has 25 heavy (non-hydrogen) atoms. The number of methoxy groups -OCH3 is 2. The Labute approximate surface area is 150 Å². The molecule has 0 aliphatic rings. The highest BCUT2D eigenvalue weighted by molar-refractivity contribution is 5.88. The van der Waals surface area contributed by atoms with Crippen molar-refractivity contribution in [3.05, 3.63) is 59.7 Å². The predicted molar refractivity (Wildman–Crippen MR) is 100 cm³/mol. The highest BCUT2D eigenvalue weighted by atomic mass is 16.5. The lowest BCUT2D eigenvalue weighted by molar-refractivity contribution is -0.127. The summed E-state index contributed by atoms with van der Waals surface area (Å²) in [6, 6.07) is 15.4. The Kier molecular flexibility index (Phi) is 5.41. The van der Waals surface area contributed by atoms with Crippen LogP contribution in [0.5, 0.6) is 11.5 Å². The average molecular weight is 341 g/mol. The van der Waals surface area contributed by atoms with Gasteiger partial charge >= 0.3 is 0 Å². The standard InChI is InChI=1S/C21H27NO3/c1-20(2,15-7-11-17(24-5)12-8-15)19(23)22-21(3,4)16-9-13-18(25-6)14-10-16/h7-14H,1-6H3,(H,22,23). The fourth-order valence-corrected chi connectivity index (χ4v) is 2.66. The molecule has 0 spiro atoms. The number of hydrogen-bond acceptors (Lipinski definition) is 3. The van der Waals surface area contributed by atoms with Crippen LogP contribution in [0.4, 0.5) is 0 Å². The van der Waals surface area contributed by atoms with Crippen LogP contribution in [-0.2, 0) is 15.7 Å². The zero-order valence-electron chi connectivity index (χ0n) is 15.8. The van der Waals surface area contributed by atoms with Gasteiger partial charge in [-0.15, -0.1) is 0 Å². The lowest BCUT2D eigenvalue weighted by Crippen LogP contribution is -2.48. The third-order valence-electron chi connectivity index (χ3n) is 4.62. The lowest BCUT2D eigenvalue weighted by Gasteiger charge is -2.33.